The van der Waals surface area contributed by atoms with Crippen molar-refractivity contribution in [3.8, 4) is 34.0 Å². The number of aromatic nitrogens is 2. The highest BCUT2D eigenvalue weighted by Gasteiger charge is 2.16. The maximum Gasteiger partial charge on any atom is 0.184 e. The van der Waals surface area contributed by atoms with E-state index in [4.69, 9.17) is 44.3 Å². The number of halogens is 3. The molecule has 41 heavy (non-hydrogen) atoms. The summed E-state index contributed by atoms with van der Waals surface area (Å²) in [6, 6.07) is 13.8. The van der Waals surface area contributed by atoms with Gasteiger partial charge in [0.05, 0.1) is 29.6 Å². The maximum absolute atomic E-state index is 6.12. The van der Waals surface area contributed by atoms with Gasteiger partial charge in [0.15, 0.2) is 8.93 Å². The van der Waals surface area contributed by atoms with Crippen LogP contribution < -0.4 is 9.47 Å². The zero-order chi connectivity index (χ0) is 30.5. The van der Waals surface area contributed by atoms with Gasteiger partial charge in [0.25, 0.3) is 0 Å². The second-order valence-corrected chi connectivity index (χ2v) is 13.5. The van der Waals surface area contributed by atoms with Crippen molar-refractivity contribution in [2.75, 3.05) is 13.2 Å². The lowest BCUT2D eigenvalue weighted by atomic mass is 10.0. The van der Waals surface area contributed by atoms with Crippen molar-refractivity contribution >= 4 is 57.5 Å². The van der Waals surface area contributed by atoms with E-state index in [-0.39, 0.29) is 0 Å². The number of thiazole rings is 2. The van der Waals surface area contributed by atoms with E-state index in [1.807, 2.05) is 64.1 Å². The molecule has 0 spiro atoms. The molecule has 2 heterocycles. The van der Waals surface area contributed by atoms with Crippen LogP contribution in [0.2, 0.25) is 14.0 Å². The first-order valence-electron chi connectivity index (χ1n) is 14.1. The summed E-state index contributed by atoms with van der Waals surface area (Å²) >= 11 is 21.4. The molecule has 0 fully saturated rings. The zero-order valence-electron chi connectivity index (χ0n) is 25.2. The van der Waals surface area contributed by atoms with E-state index in [1.54, 1.807) is 22.7 Å². The maximum atomic E-state index is 6.12. The van der Waals surface area contributed by atoms with Crippen molar-refractivity contribution in [2.24, 2.45) is 11.8 Å². The first-order valence-corrected chi connectivity index (χ1v) is 16.8. The highest BCUT2D eigenvalue weighted by molar-refractivity contribution is 7.16. The van der Waals surface area contributed by atoms with Gasteiger partial charge in [0, 0.05) is 20.9 Å². The Kier molecular flexibility index (Phi) is 15.5. The fraction of sp³-hybridized carbons (Fsp3) is 0.438. The third kappa shape index (κ3) is 11.1. The third-order valence-electron chi connectivity index (χ3n) is 5.45. The SMILES string of the molecule is CC.CCOc1cc(-c2nc(Cl)sc2CC(C)C)ccc1Cl.CCOc1cccc(-c2nc(Cl)sc2CC(C)C)c1. The van der Waals surface area contributed by atoms with Crippen molar-refractivity contribution in [3.63, 3.8) is 0 Å². The van der Waals surface area contributed by atoms with Crippen molar-refractivity contribution in [2.45, 2.75) is 68.2 Å². The fourth-order valence-electron chi connectivity index (χ4n) is 3.93. The molecule has 0 bridgehead atoms. The second-order valence-electron chi connectivity index (χ2n) is 9.71. The van der Waals surface area contributed by atoms with Crippen LogP contribution in [0.3, 0.4) is 0 Å². The summed E-state index contributed by atoms with van der Waals surface area (Å²) in [6.45, 7) is 17.9. The van der Waals surface area contributed by atoms with Gasteiger partial charge in [0.2, 0.25) is 0 Å². The van der Waals surface area contributed by atoms with Gasteiger partial charge in [-0.2, -0.15) is 0 Å². The van der Waals surface area contributed by atoms with Crippen molar-refractivity contribution in [1.29, 1.82) is 0 Å². The highest BCUT2D eigenvalue weighted by Crippen LogP contribution is 2.37. The normalized spacial score (nSPS) is 10.7. The average Bonchev–Trinajstić information content (AvgIpc) is 3.47. The molecular weight excluding hydrogens is 615 g/mol. The topological polar surface area (TPSA) is 44.2 Å². The van der Waals surface area contributed by atoms with Gasteiger partial charge in [-0.05, 0) is 62.8 Å². The number of nitrogens with zero attached hydrogens (tertiary/aromatic N) is 2. The summed E-state index contributed by atoms with van der Waals surface area (Å²) in [5, 5.41) is 0.613. The van der Waals surface area contributed by atoms with E-state index in [2.05, 4.69) is 43.7 Å². The molecule has 0 saturated heterocycles. The van der Waals surface area contributed by atoms with E-state index >= 15 is 0 Å². The number of hydrogen-bond donors (Lipinski definition) is 0. The molecule has 0 aliphatic carbocycles. The highest BCUT2D eigenvalue weighted by atomic mass is 35.5. The molecular formula is C32H41Cl3N2O2S2. The van der Waals surface area contributed by atoms with Gasteiger partial charge >= 0.3 is 0 Å². The van der Waals surface area contributed by atoms with Gasteiger partial charge in [-0.15, -0.1) is 22.7 Å². The minimum absolute atomic E-state index is 0.559. The molecule has 0 radical (unpaired) electrons. The molecule has 2 aromatic carbocycles. The molecule has 4 nitrogen and oxygen atoms in total. The van der Waals surface area contributed by atoms with Gasteiger partial charge in [-0.1, -0.05) is 94.5 Å². The lowest BCUT2D eigenvalue weighted by molar-refractivity contribution is 0.340. The second kappa shape index (κ2) is 18.0. The van der Waals surface area contributed by atoms with Crippen molar-refractivity contribution < 1.29 is 9.47 Å². The Balaban J connectivity index is 0.000000271. The van der Waals surface area contributed by atoms with E-state index < -0.39 is 0 Å². The van der Waals surface area contributed by atoms with Crippen LogP contribution in [0.15, 0.2) is 42.5 Å². The van der Waals surface area contributed by atoms with Crippen LogP contribution >= 0.6 is 57.5 Å². The van der Waals surface area contributed by atoms with E-state index in [0.29, 0.717) is 44.8 Å². The monoisotopic (exact) mass is 654 g/mol. The molecule has 2 aromatic heterocycles. The number of rotatable bonds is 10. The Morgan fingerprint density at radius 1 is 0.707 bits per heavy atom. The summed E-state index contributed by atoms with van der Waals surface area (Å²) < 4.78 is 12.3. The molecule has 0 saturated carbocycles. The minimum Gasteiger partial charge on any atom is -0.494 e. The summed E-state index contributed by atoms with van der Waals surface area (Å²) in [4.78, 5) is 11.4. The molecule has 4 aromatic rings. The summed E-state index contributed by atoms with van der Waals surface area (Å²) in [5.41, 5.74) is 4.00. The standard InChI is InChI=1S/C15H17Cl2NOS.C15H18ClNOS.C2H6/c1-4-19-12-8-10(5-6-11(12)16)14-13(7-9(2)3)20-15(17)18-14;1-4-18-12-7-5-6-11(9-12)14-13(8-10(2)3)19-15(16)17-14;1-2/h5-6,8-9H,4,7H2,1-3H3;5-7,9-10H,4,8H2,1-3H3;1-2H3. The first-order chi connectivity index (χ1) is 19.6. The van der Waals surface area contributed by atoms with Crippen LogP contribution in [0.1, 0.15) is 65.1 Å². The molecule has 4 rings (SSSR count). The lowest BCUT2D eigenvalue weighted by Gasteiger charge is -2.09. The molecule has 0 atom stereocenters. The Bertz CT molecular complexity index is 1350. The third-order valence-corrected chi connectivity index (χ3v) is 8.13. The molecule has 224 valence electrons. The first kappa shape index (κ1) is 35.4. The van der Waals surface area contributed by atoms with E-state index in [9.17, 15) is 0 Å². The van der Waals surface area contributed by atoms with Crippen molar-refractivity contribution in [3.05, 3.63) is 66.2 Å². The van der Waals surface area contributed by atoms with Gasteiger partial charge < -0.3 is 9.47 Å². The van der Waals surface area contributed by atoms with Crippen LogP contribution in [-0.2, 0) is 12.8 Å². The molecule has 0 amide bonds. The van der Waals surface area contributed by atoms with Crippen LogP contribution in [-0.4, -0.2) is 23.2 Å². The Labute approximate surface area is 269 Å². The smallest absolute Gasteiger partial charge is 0.184 e. The summed E-state index contributed by atoms with van der Waals surface area (Å²) in [6.07, 6.45) is 1.96. The van der Waals surface area contributed by atoms with E-state index in [0.717, 1.165) is 41.1 Å². The molecule has 0 aliphatic heterocycles. The number of ether oxygens (including phenoxy) is 2. The molecule has 0 aliphatic rings. The zero-order valence-corrected chi connectivity index (χ0v) is 29.1. The predicted octanol–water partition coefficient (Wildman–Crippen LogP) is 11.8. The lowest BCUT2D eigenvalue weighted by Crippen LogP contribution is -1.95. The quantitative estimate of drug-likeness (QED) is 0.170. The summed E-state index contributed by atoms with van der Waals surface area (Å²) in [7, 11) is 0. The molecule has 9 heteroatoms. The van der Waals surface area contributed by atoms with Gasteiger partial charge in [0.1, 0.15) is 11.5 Å². The number of benzene rings is 2. The number of hydrogen-bond acceptors (Lipinski definition) is 6. The van der Waals surface area contributed by atoms with Gasteiger partial charge in [-0.3, -0.25) is 0 Å². The van der Waals surface area contributed by atoms with Crippen LogP contribution in [0.4, 0.5) is 0 Å². The Hall–Kier alpha value is -1.83. The van der Waals surface area contributed by atoms with Gasteiger partial charge in [-0.25, -0.2) is 9.97 Å². The summed E-state index contributed by atoms with van der Waals surface area (Å²) in [5.74, 6) is 2.71. The Morgan fingerprint density at radius 2 is 1.22 bits per heavy atom. The molecule has 0 N–H and O–H groups in total. The van der Waals surface area contributed by atoms with Crippen LogP contribution in [0.25, 0.3) is 22.5 Å². The minimum atomic E-state index is 0.559. The largest absolute Gasteiger partial charge is 0.494 e. The fourth-order valence-corrected chi connectivity index (χ4v) is 6.87. The van der Waals surface area contributed by atoms with E-state index in [1.165, 1.54) is 9.75 Å². The van der Waals surface area contributed by atoms with Crippen molar-refractivity contribution in [1.82, 2.24) is 9.97 Å². The molecule has 0 unspecified atom stereocenters. The Morgan fingerprint density at radius 3 is 1.71 bits per heavy atom. The van der Waals surface area contributed by atoms with Crippen LogP contribution in [0, 0.1) is 11.8 Å². The average molecular weight is 656 g/mol. The predicted molar refractivity (Wildman–Crippen MR) is 181 cm³/mol. The van der Waals surface area contributed by atoms with Crippen LogP contribution in [0.5, 0.6) is 11.5 Å².